The Kier molecular flexibility index (Phi) is 2.26. The summed E-state index contributed by atoms with van der Waals surface area (Å²) in [4.78, 5) is 23.8. The van der Waals surface area contributed by atoms with Crippen LogP contribution in [0.4, 0.5) is 10.1 Å². The molecule has 1 amide bonds. The van der Waals surface area contributed by atoms with Gasteiger partial charge in [0, 0.05) is 18.7 Å². The summed E-state index contributed by atoms with van der Waals surface area (Å²) in [6.07, 6.45) is 0.245. The second-order valence-electron chi connectivity index (χ2n) is 3.56. The van der Waals surface area contributed by atoms with E-state index < -0.39 is 5.91 Å². The van der Waals surface area contributed by atoms with Crippen molar-refractivity contribution >= 4 is 17.4 Å². The fourth-order valence-corrected chi connectivity index (χ4v) is 1.62. The highest BCUT2D eigenvalue weighted by Crippen LogP contribution is 2.22. The largest absolute Gasteiger partial charge is 0.305 e. The Bertz CT molecular complexity index is 442. The van der Waals surface area contributed by atoms with E-state index in [0.717, 1.165) is 0 Å². The predicted molar refractivity (Wildman–Crippen MR) is 53.1 cm³/mol. The van der Waals surface area contributed by atoms with Gasteiger partial charge in [0.05, 0.1) is 0 Å². The van der Waals surface area contributed by atoms with E-state index in [0.29, 0.717) is 17.8 Å². The summed E-state index contributed by atoms with van der Waals surface area (Å²) < 4.78 is 13.0. The summed E-state index contributed by atoms with van der Waals surface area (Å²) in [5.41, 5.74) is 1.06. The van der Waals surface area contributed by atoms with Gasteiger partial charge in [-0.3, -0.25) is 9.59 Å². The number of rotatable bonds is 1. The molecule has 0 N–H and O–H groups in total. The summed E-state index contributed by atoms with van der Waals surface area (Å²) in [7, 11) is 0. The number of halogens is 1. The average molecular weight is 207 g/mol. The monoisotopic (exact) mass is 207 g/mol. The van der Waals surface area contributed by atoms with Gasteiger partial charge >= 0.3 is 0 Å². The molecule has 1 aliphatic heterocycles. The maximum Gasteiger partial charge on any atom is 0.294 e. The lowest BCUT2D eigenvalue weighted by molar-refractivity contribution is -0.133. The fourth-order valence-electron chi connectivity index (χ4n) is 1.62. The van der Waals surface area contributed by atoms with E-state index in [2.05, 4.69) is 0 Å². The molecule has 1 fully saturated rings. The third-order valence-electron chi connectivity index (χ3n) is 2.50. The number of nitrogens with zero attached hydrogens (tertiary/aromatic N) is 1. The third-order valence-corrected chi connectivity index (χ3v) is 2.50. The van der Waals surface area contributed by atoms with Crippen molar-refractivity contribution in [2.45, 2.75) is 13.3 Å². The number of hydrogen-bond acceptors (Lipinski definition) is 2. The van der Waals surface area contributed by atoms with Gasteiger partial charge in [0.1, 0.15) is 5.82 Å². The SMILES string of the molecule is Cc1cc(N2CCC(=O)C2=O)ccc1F. The third kappa shape index (κ3) is 1.63. The second kappa shape index (κ2) is 3.46. The van der Waals surface area contributed by atoms with Crippen molar-refractivity contribution in [3.63, 3.8) is 0 Å². The first-order chi connectivity index (χ1) is 7.09. The Morgan fingerprint density at radius 1 is 1.33 bits per heavy atom. The van der Waals surface area contributed by atoms with Crippen LogP contribution in [0.2, 0.25) is 0 Å². The van der Waals surface area contributed by atoms with Crippen molar-refractivity contribution < 1.29 is 14.0 Å². The normalized spacial score (nSPS) is 16.3. The number of aryl methyl sites for hydroxylation is 1. The average Bonchev–Trinajstić information content (AvgIpc) is 2.53. The van der Waals surface area contributed by atoms with E-state index in [1.54, 1.807) is 13.0 Å². The van der Waals surface area contributed by atoms with Crippen LogP contribution in [0, 0.1) is 12.7 Å². The highest BCUT2D eigenvalue weighted by Gasteiger charge is 2.30. The van der Waals surface area contributed by atoms with Crippen LogP contribution < -0.4 is 4.90 Å². The van der Waals surface area contributed by atoms with Gasteiger partial charge in [-0.25, -0.2) is 4.39 Å². The van der Waals surface area contributed by atoms with Crippen molar-refractivity contribution in [2.24, 2.45) is 0 Å². The molecule has 0 spiro atoms. The van der Waals surface area contributed by atoms with Crippen molar-refractivity contribution in [2.75, 3.05) is 11.4 Å². The van der Waals surface area contributed by atoms with Gasteiger partial charge in [-0.1, -0.05) is 0 Å². The van der Waals surface area contributed by atoms with Gasteiger partial charge in [-0.2, -0.15) is 0 Å². The molecular formula is C11H10FNO2. The van der Waals surface area contributed by atoms with Crippen LogP contribution in [-0.4, -0.2) is 18.2 Å². The topological polar surface area (TPSA) is 37.4 Å². The molecular weight excluding hydrogens is 197 g/mol. The number of benzene rings is 1. The molecule has 1 aliphatic rings. The molecule has 2 rings (SSSR count). The lowest BCUT2D eigenvalue weighted by atomic mass is 10.2. The van der Waals surface area contributed by atoms with Crippen LogP contribution in [0.25, 0.3) is 0 Å². The molecule has 0 radical (unpaired) electrons. The van der Waals surface area contributed by atoms with Crippen LogP contribution >= 0.6 is 0 Å². The number of amides is 1. The number of ketones is 1. The number of anilines is 1. The van der Waals surface area contributed by atoms with Crippen LogP contribution in [0.1, 0.15) is 12.0 Å². The summed E-state index contributed by atoms with van der Waals surface area (Å²) >= 11 is 0. The van der Waals surface area contributed by atoms with Crippen LogP contribution in [0.3, 0.4) is 0 Å². The van der Waals surface area contributed by atoms with Crippen molar-refractivity contribution in [1.82, 2.24) is 0 Å². The van der Waals surface area contributed by atoms with E-state index in [1.807, 2.05) is 0 Å². The molecule has 3 nitrogen and oxygen atoms in total. The summed E-state index contributed by atoms with van der Waals surface area (Å²) in [6.45, 7) is 2.02. The first-order valence-electron chi connectivity index (χ1n) is 4.70. The molecule has 0 aromatic heterocycles. The fraction of sp³-hybridized carbons (Fsp3) is 0.273. The minimum atomic E-state index is -0.499. The summed E-state index contributed by atoms with van der Waals surface area (Å²) in [5.74, 6) is -1.19. The number of carbonyl (C=O) groups excluding carboxylic acids is 2. The maximum atomic E-state index is 13.0. The minimum absolute atomic E-state index is 0.245. The first kappa shape index (κ1) is 9.83. The van der Waals surface area contributed by atoms with Crippen LogP contribution in [-0.2, 0) is 9.59 Å². The highest BCUT2D eigenvalue weighted by molar-refractivity contribution is 6.43. The lowest BCUT2D eigenvalue weighted by Crippen LogP contribution is -2.26. The van der Waals surface area contributed by atoms with Gasteiger partial charge in [-0.05, 0) is 30.7 Å². The molecule has 78 valence electrons. The first-order valence-corrected chi connectivity index (χ1v) is 4.70. The molecule has 0 atom stereocenters. The van der Waals surface area contributed by atoms with Gasteiger partial charge in [-0.15, -0.1) is 0 Å². The Labute approximate surface area is 86.5 Å². The number of Topliss-reactive ketones (excluding diaryl/α,β-unsaturated/α-hetero) is 1. The van der Waals surface area contributed by atoms with Crippen LogP contribution in [0.15, 0.2) is 18.2 Å². The molecule has 1 heterocycles. The zero-order valence-corrected chi connectivity index (χ0v) is 8.29. The number of hydrogen-bond donors (Lipinski definition) is 0. The summed E-state index contributed by atoms with van der Waals surface area (Å²) in [6, 6.07) is 4.39. The molecule has 1 aromatic rings. The molecule has 0 bridgehead atoms. The van der Waals surface area contributed by atoms with Crippen molar-refractivity contribution in [1.29, 1.82) is 0 Å². The molecule has 0 saturated carbocycles. The van der Waals surface area contributed by atoms with Crippen molar-refractivity contribution in [3.8, 4) is 0 Å². The van der Waals surface area contributed by atoms with Gasteiger partial charge in [0.2, 0.25) is 5.78 Å². The second-order valence-corrected chi connectivity index (χ2v) is 3.56. The van der Waals surface area contributed by atoms with Crippen molar-refractivity contribution in [3.05, 3.63) is 29.6 Å². The summed E-state index contributed by atoms with van der Waals surface area (Å²) in [5, 5.41) is 0. The zero-order valence-electron chi connectivity index (χ0n) is 8.29. The standard InChI is InChI=1S/C11H10FNO2/c1-7-6-8(2-3-9(7)12)13-5-4-10(14)11(13)15/h2-3,6H,4-5H2,1H3. The van der Waals surface area contributed by atoms with Crippen LogP contribution in [0.5, 0.6) is 0 Å². The van der Waals surface area contributed by atoms with E-state index in [1.165, 1.54) is 17.0 Å². The molecule has 0 aliphatic carbocycles. The molecule has 1 aromatic carbocycles. The molecule has 4 heteroatoms. The highest BCUT2D eigenvalue weighted by atomic mass is 19.1. The van der Waals surface area contributed by atoms with Gasteiger partial charge in [0.15, 0.2) is 0 Å². The van der Waals surface area contributed by atoms with Gasteiger partial charge in [0.25, 0.3) is 5.91 Å². The molecule has 0 unspecified atom stereocenters. The quantitative estimate of drug-likeness (QED) is 0.653. The Balaban J connectivity index is 2.34. The predicted octanol–water partition coefficient (Wildman–Crippen LogP) is 1.44. The number of carbonyl (C=O) groups is 2. The van der Waals surface area contributed by atoms with E-state index >= 15 is 0 Å². The smallest absolute Gasteiger partial charge is 0.294 e. The Morgan fingerprint density at radius 2 is 2.07 bits per heavy atom. The Morgan fingerprint density at radius 3 is 2.60 bits per heavy atom. The zero-order chi connectivity index (χ0) is 11.0. The van der Waals surface area contributed by atoms with E-state index in [-0.39, 0.29) is 18.0 Å². The molecule has 15 heavy (non-hydrogen) atoms. The lowest BCUT2D eigenvalue weighted by Gasteiger charge is -2.15. The molecule has 1 saturated heterocycles. The maximum absolute atomic E-state index is 13.0. The minimum Gasteiger partial charge on any atom is -0.305 e. The Hall–Kier alpha value is -1.71. The van der Waals surface area contributed by atoms with Gasteiger partial charge < -0.3 is 4.90 Å². The van der Waals surface area contributed by atoms with E-state index in [9.17, 15) is 14.0 Å². The van der Waals surface area contributed by atoms with E-state index in [4.69, 9.17) is 0 Å².